The van der Waals surface area contributed by atoms with Crippen molar-refractivity contribution in [2.45, 2.75) is 6.42 Å². The van der Waals surface area contributed by atoms with E-state index in [1.165, 1.54) is 17.5 Å². The van der Waals surface area contributed by atoms with Crippen LogP contribution in [0.3, 0.4) is 0 Å². The largest absolute Gasteiger partial charge is 0.108 e. The molecule has 0 N–H and O–H groups in total. The first-order chi connectivity index (χ1) is 7.45. The van der Waals surface area contributed by atoms with Crippen molar-refractivity contribution in [1.82, 2.24) is 0 Å². The van der Waals surface area contributed by atoms with E-state index in [2.05, 4.69) is 48.5 Å². The predicted molar refractivity (Wildman–Crippen MR) is 66.3 cm³/mol. The molecule has 0 fully saturated rings. The first-order valence-electron chi connectivity index (χ1n) is 5.49. The third kappa shape index (κ3) is 0.870. The van der Waals surface area contributed by atoms with Crippen LogP contribution in [-0.4, -0.2) is 8.80 Å². The molecule has 1 unspecified atom stereocenters. The predicted octanol–water partition coefficient (Wildman–Crippen LogP) is 1.31. The topological polar surface area (TPSA) is 0 Å². The number of fused-ring (bicyclic) bond motifs is 3. The van der Waals surface area contributed by atoms with E-state index in [4.69, 9.17) is 0 Å². The van der Waals surface area contributed by atoms with E-state index in [0.29, 0.717) is 0 Å². The molecule has 2 heterocycles. The van der Waals surface area contributed by atoms with E-state index in [9.17, 15) is 0 Å². The highest BCUT2D eigenvalue weighted by molar-refractivity contribution is 6.93. The fourth-order valence-electron chi connectivity index (χ4n) is 3.05. The van der Waals surface area contributed by atoms with Crippen molar-refractivity contribution >= 4 is 19.2 Å². The standard InChI is InChI=1S/C14H11Si/c1-2-7-13-11(5-1)12-6-3-4-10-8-9-15(13)14(10)12/h1-7,9,15H,8H2. The van der Waals surface area contributed by atoms with Crippen LogP contribution in [-0.2, 0) is 6.42 Å². The average Bonchev–Trinajstić information content (AvgIpc) is 2.85. The molecule has 4 rings (SSSR count). The zero-order valence-electron chi connectivity index (χ0n) is 8.40. The second-order valence-electron chi connectivity index (χ2n) is 4.38. The Kier molecular flexibility index (Phi) is 1.37. The van der Waals surface area contributed by atoms with Crippen molar-refractivity contribution in [2.24, 2.45) is 0 Å². The second kappa shape index (κ2) is 2.61. The lowest BCUT2D eigenvalue weighted by molar-refractivity contribution is 1.29. The zero-order valence-corrected chi connectivity index (χ0v) is 9.56. The van der Waals surface area contributed by atoms with Crippen LogP contribution in [0.1, 0.15) is 5.56 Å². The van der Waals surface area contributed by atoms with E-state index < -0.39 is 8.80 Å². The summed E-state index contributed by atoms with van der Waals surface area (Å²) < 4.78 is 0. The maximum Gasteiger partial charge on any atom is 0.108 e. The van der Waals surface area contributed by atoms with Crippen LogP contribution < -0.4 is 10.4 Å². The van der Waals surface area contributed by atoms with E-state index in [1.807, 2.05) is 0 Å². The maximum absolute atomic E-state index is 2.58. The molecule has 0 aromatic heterocycles. The Morgan fingerprint density at radius 2 is 1.73 bits per heavy atom. The van der Waals surface area contributed by atoms with Crippen LogP contribution in [0.25, 0.3) is 11.1 Å². The Labute approximate surface area is 91.2 Å². The van der Waals surface area contributed by atoms with Crippen molar-refractivity contribution in [1.29, 1.82) is 0 Å². The quantitative estimate of drug-likeness (QED) is 0.571. The van der Waals surface area contributed by atoms with E-state index >= 15 is 0 Å². The number of hydrogen-bond acceptors (Lipinski definition) is 0. The Morgan fingerprint density at radius 1 is 0.867 bits per heavy atom. The summed E-state index contributed by atoms with van der Waals surface area (Å²) in [7, 11) is -0.888. The van der Waals surface area contributed by atoms with Crippen molar-refractivity contribution in [2.75, 3.05) is 0 Å². The molecule has 2 aliphatic rings. The molecule has 0 saturated carbocycles. The summed E-state index contributed by atoms with van der Waals surface area (Å²) in [5, 5.41) is 3.34. The van der Waals surface area contributed by atoms with Gasteiger partial charge in [0.25, 0.3) is 0 Å². The van der Waals surface area contributed by atoms with Crippen LogP contribution in [0.2, 0.25) is 0 Å². The van der Waals surface area contributed by atoms with Gasteiger partial charge in [0.2, 0.25) is 0 Å². The summed E-state index contributed by atoms with van der Waals surface area (Å²) in [5.74, 6) is 0. The molecule has 1 atom stereocenters. The minimum absolute atomic E-state index is 0.888. The van der Waals surface area contributed by atoms with E-state index in [0.717, 1.165) is 0 Å². The van der Waals surface area contributed by atoms with Crippen molar-refractivity contribution in [3.05, 3.63) is 54.1 Å². The number of rotatable bonds is 0. The highest BCUT2D eigenvalue weighted by Gasteiger charge is 2.35. The van der Waals surface area contributed by atoms with Crippen LogP contribution in [0, 0.1) is 6.04 Å². The summed E-state index contributed by atoms with van der Waals surface area (Å²) in [4.78, 5) is 0. The summed E-state index contributed by atoms with van der Waals surface area (Å²) >= 11 is 0. The van der Waals surface area contributed by atoms with Crippen molar-refractivity contribution in [3.63, 3.8) is 0 Å². The Hall–Kier alpha value is -1.34. The fourth-order valence-corrected chi connectivity index (χ4v) is 6.45. The lowest BCUT2D eigenvalue weighted by Gasteiger charge is -2.03. The van der Waals surface area contributed by atoms with Gasteiger partial charge >= 0.3 is 0 Å². The summed E-state index contributed by atoms with van der Waals surface area (Å²) in [6.07, 6.45) is 1.20. The molecular weight excluding hydrogens is 196 g/mol. The smallest absolute Gasteiger partial charge is 0.0623 e. The first-order valence-corrected chi connectivity index (χ1v) is 7.32. The molecule has 0 bridgehead atoms. The van der Waals surface area contributed by atoms with Gasteiger partial charge < -0.3 is 0 Å². The molecule has 0 amide bonds. The zero-order chi connectivity index (χ0) is 9.83. The minimum Gasteiger partial charge on any atom is -0.0623 e. The highest BCUT2D eigenvalue weighted by Crippen LogP contribution is 2.29. The lowest BCUT2D eigenvalue weighted by atomic mass is 10.0. The molecule has 71 valence electrons. The van der Waals surface area contributed by atoms with Crippen LogP contribution in [0.5, 0.6) is 0 Å². The molecule has 15 heavy (non-hydrogen) atoms. The Balaban J connectivity index is 2.14. The Morgan fingerprint density at radius 3 is 2.73 bits per heavy atom. The van der Waals surface area contributed by atoms with Crippen molar-refractivity contribution in [3.8, 4) is 11.1 Å². The lowest BCUT2D eigenvalue weighted by Crippen LogP contribution is -2.35. The molecule has 1 radical (unpaired) electrons. The van der Waals surface area contributed by atoms with Gasteiger partial charge in [-0.1, -0.05) is 42.5 Å². The van der Waals surface area contributed by atoms with E-state index in [1.54, 1.807) is 15.9 Å². The second-order valence-corrected chi connectivity index (χ2v) is 7.01. The van der Waals surface area contributed by atoms with Gasteiger partial charge in [-0.25, -0.2) is 0 Å². The molecule has 2 aromatic rings. The van der Waals surface area contributed by atoms with Gasteiger partial charge in [-0.3, -0.25) is 0 Å². The van der Waals surface area contributed by atoms with Crippen molar-refractivity contribution < 1.29 is 0 Å². The summed E-state index contributed by atoms with van der Waals surface area (Å²) in [5.41, 5.74) is 4.61. The Bertz CT molecular complexity index is 557. The third-order valence-corrected chi connectivity index (χ3v) is 6.85. The molecular formula is C14H11Si. The average molecular weight is 207 g/mol. The van der Waals surface area contributed by atoms with Gasteiger partial charge in [0.1, 0.15) is 8.80 Å². The van der Waals surface area contributed by atoms with Gasteiger partial charge in [-0.2, -0.15) is 0 Å². The molecule has 0 nitrogen and oxygen atoms in total. The monoisotopic (exact) mass is 207 g/mol. The summed E-state index contributed by atoms with van der Waals surface area (Å²) in [6, 6.07) is 18.3. The highest BCUT2D eigenvalue weighted by atomic mass is 28.3. The fraction of sp³-hybridized carbons (Fsp3) is 0.0714. The summed E-state index contributed by atoms with van der Waals surface area (Å²) in [6.45, 7) is 0. The van der Waals surface area contributed by atoms with E-state index in [-0.39, 0.29) is 0 Å². The molecule has 0 saturated heterocycles. The first kappa shape index (κ1) is 7.89. The van der Waals surface area contributed by atoms with Gasteiger partial charge in [0.05, 0.1) is 0 Å². The van der Waals surface area contributed by atoms with Gasteiger partial charge in [-0.05, 0) is 39.5 Å². The van der Waals surface area contributed by atoms with Crippen LogP contribution in [0.4, 0.5) is 0 Å². The maximum atomic E-state index is 2.58. The normalized spacial score (nSPS) is 20.1. The van der Waals surface area contributed by atoms with Gasteiger partial charge in [-0.15, -0.1) is 0 Å². The number of benzene rings is 2. The van der Waals surface area contributed by atoms with Crippen LogP contribution in [0.15, 0.2) is 42.5 Å². The SMILES string of the molecule is [CH]1Cc2cccc3c2[SiH]1c1ccccc1-3. The van der Waals surface area contributed by atoms with Crippen LogP contribution >= 0.6 is 0 Å². The van der Waals surface area contributed by atoms with Gasteiger partial charge in [0, 0.05) is 0 Å². The third-order valence-electron chi connectivity index (χ3n) is 3.67. The molecule has 2 aromatic carbocycles. The number of hydrogen-bond donors (Lipinski definition) is 0. The molecule has 1 heteroatoms. The molecule has 0 aliphatic carbocycles. The van der Waals surface area contributed by atoms with Gasteiger partial charge in [0.15, 0.2) is 0 Å². The minimum atomic E-state index is -0.888. The molecule has 2 aliphatic heterocycles. The molecule has 0 spiro atoms.